The molecule has 2 unspecified atom stereocenters. The number of hydrogen-bond donors (Lipinski definition) is 2. The van der Waals surface area contributed by atoms with Gasteiger partial charge >= 0.3 is 0 Å². The third-order valence-corrected chi connectivity index (χ3v) is 3.78. The number of aliphatic imine (C=N–C) groups is 1. The summed E-state index contributed by atoms with van der Waals surface area (Å²) in [6, 6.07) is 7.52. The average molecular weight is 229 g/mol. The maximum atomic E-state index is 4.71. The van der Waals surface area contributed by atoms with Gasteiger partial charge in [0.05, 0.1) is 6.04 Å². The molecule has 3 heteroatoms. The third kappa shape index (κ3) is 2.02. The van der Waals surface area contributed by atoms with E-state index in [2.05, 4.69) is 42.7 Å². The van der Waals surface area contributed by atoms with E-state index in [1.807, 2.05) is 0 Å². The first-order chi connectivity index (χ1) is 8.22. The molecule has 3 rings (SSSR count). The van der Waals surface area contributed by atoms with Gasteiger partial charge in [-0.3, -0.25) is 0 Å². The number of anilines is 1. The summed E-state index contributed by atoms with van der Waals surface area (Å²) in [5.74, 6) is 0.959. The molecule has 90 valence electrons. The van der Waals surface area contributed by atoms with Gasteiger partial charge in [-0.2, -0.15) is 0 Å². The zero-order chi connectivity index (χ0) is 11.8. The lowest BCUT2D eigenvalue weighted by atomic mass is 10.1. The molecule has 1 aliphatic carbocycles. The Hall–Kier alpha value is -1.51. The molecule has 1 aromatic rings. The summed E-state index contributed by atoms with van der Waals surface area (Å²) < 4.78 is 0. The fraction of sp³-hybridized carbons (Fsp3) is 0.500. The van der Waals surface area contributed by atoms with Gasteiger partial charge in [-0.1, -0.05) is 18.2 Å². The minimum Gasteiger partial charge on any atom is -0.353 e. The molecule has 17 heavy (non-hydrogen) atoms. The lowest BCUT2D eigenvalue weighted by molar-refractivity contribution is 0.582. The van der Waals surface area contributed by atoms with Crippen molar-refractivity contribution in [1.82, 2.24) is 5.32 Å². The minimum absolute atomic E-state index is 0.535. The fourth-order valence-electron chi connectivity index (χ4n) is 2.82. The maximum absolute atomic E-state index is 4.71. The van der Waals surface area contributed by atoms with Crippen LogP contribution in [0.3, 0.4) is 0 Å². The molecule has 1 heterocycles. The number of aryl methyl sites for hydroxylation is 2. The molecule has 2 atom stereocenters. The van der Waals surface area contributed by atoms with Crippen LogP contribution in [0.25, 0.3) is 0 Å². The quantitative estimate of drug-likeness (QED) is 0.776. The van der Waals surface area contributed by atoms with E-state index in [9.17, 15) is 0 Å². The smallest absolute Gasteiger partial charge is 0.196 e. The number of guanidine groups is 1. The second-order valence-corrected chi connectivity index (χ2v) is 5.18. The number of nitrogens with zero attached hydrogens (tertiary/aromatic N) is 1. The number of benzene rings is 1. The first kappa shape index (κ1) is 10.6. The molecule has 3 nitrogen and oxygen atoms in total. The van der Waals surface area contributed by atoms with Gasteiger partial charge < -0.3 is 10.6 Å². The van der Waals surface area contributed by atoms with E-state index in [1.165, 1.54) is 36.1 Å². The first-order valence-electron chi connectivity index (χ1n) is 6.40. The van der Waals surface area contributed by atoms with Gasteiger partial charge in [0, 0.05) is 11.7 Å². The number of hydrogen-bond acceptors (Lipinski definition) is 3. The van der Waals surface area contributed by atoms with Crippen molar-refractivity contribution in [3.8, 4) is 0 Å². The van der Waals surface area contributed by atoms with Gasteiger partial charge in [-0.25, -0.2) is 4.99 Å². The van der Waals surface area contributed by atoms with Crippen molar-refractivity contribution in [2.45, 2.75) is 45.2 Å². The van der Waals surface area contributed by atoms with Gasteiger partial charge in [-0.05, 0) is 44.2 Å². The molecule has 1 saturated carbocycles. The van der Waals surface area contributed by atoms with Gasteiger partial charge in [0.1, 0.15) is 0 Å². The zero-order valence-corrected chi connectivity index (χ0v) is 10.5. The Balaban J connectivity index is 1.83. The molecule has 2 bridgehead atoms. The monoisotopic (exact) mass is 229 g/mol. The van der Waals surface area contributed by atoms with Crippen molar-refractivity contribution >= 4 is 11.6 Å². The predicted octanol–water partition coefficient (Wildman–Crippen LogP) is 2.60. The maximum Gasteiger partial charge on any atom is 0.196 e. The van der Waals surface area contributed by atoms with E-state index in [4.69, 9.17) is 4.99 Å². The summed E-state index contributed by atoms with van der Waals surface area (Å²) in [6.45, 7) is 4.26. The lowest BCUT2D eigenvalue weighted by Gasteiger charge is -2.23. The van der Waals surface area contributed by atoms with Crippen LogP contribution in [0.15, 0.2) is 23.2 Å². The van der Waals surface area contributed by atoms with Crippen LogP contribution in [0.1, 0.15) is 30.4 Å². The highest BCUT2D eigenvalue weighted by Crippen LogP contribution is 2.26. The number of fused-ring (bicyclic) bond motifs is 2. The Labute approximate surface area is 102 Å². The molecule has 0 radical (unpaired) electrons. The van der Waals surface area contributed by atoms with Crippen LogP contribution >= 0.6 is 0 Å². The van der Waals surface area contributed by atoms with Crippen LogP contribution in [0.4, 0.5) is 5.69 Å². The summed E-state index contributed by atoms with van der Waals surface area (Å²) in [4.78, 5) is 4.71. The van der Waals surface area contributed by atoms with E-state index in [-0.39, 0.29) is 0 Å². The van der Waals surface area contributed by atoms with Crippen molar-refractivity contribution in [3.05, 3.63) is 29.3 Å². The Kier molecular flexibility index (Phi) is 2.54. The van der Waals surface area contributed by atoms with Crippen molar-refractivity contribution in [2.24, 2.45) is 4.99 Å². The average Bonchev–Trinajstić information content (AvgIpc) is 2.64. The summed E-state index contributed by atoms with van der Waals surface area (Å²) in [7, 11) is 0. The van der Waals surface area contributed by atoms with Crippen LogP contribution in [-0.2, 0) is 0 Å². The first-order valence-corrected chi connectivity index (χ1v) is 6.40. The second-order valence-electron chi connectivity index (χ2n) is 5.18. The molecule has 0 spiro atoms. The van der Waals surface area contributed by atoms with Crippen LogP contribution in [0, 0.1) is 13.8 Å². The molecule has 1 aromatic carbocycles. The largest absolute Gasteiger partial charge is 0.353 e. The van der Waals surface area contributed by atoms with E-state index in [1.54, 1.807) is 0 Å². The Morgan fingerprint density at radius 3 is 2.71 bits per heavy atom. The van der Waals surface area contributed by atoms with E-state index in [0.717, 1.165) is 5.96 Å². The summed E-state index contributed by atoms with van der Waals surface area (Å²) in [5, 5.41) is 6.94. The van der Waals surface area contributed by atoms with Crippen LogP contribution in [0.5, 0.6) is 0 Å². The molecule has 0 saturated heterocycles. The number of rotatable bonds is 1. The van der Waals surface area contributed by atoms with Gasteiger partial charge in [0.2, 0.25) is 0 Å². The highest BCUT2D eigenvalue weighted by atomic mass is 15.2. The van der Waals surface area contributed by atoms with Gasteiger partial charge in [0.15, 0.2) is 5.96 Å². The topological polar surface area (TPSA) is 36.4 Å². The summed E-state index contributed by atoms with van der Waals surface area (Å²) >= 11 is 0. The molecule has 1 fully saturated rings. The molecule has 0 amide bonds. The minimum atomic E-state index is 0.535. The van der Waals surface area contributed by atoms with E-state index < -0.39 is 0 Å². The zero-order valence-electron chi connectivity index (χ0n) is 10.5. The Morgan fingerprint density at radius 1 is 1.24 bits per heavy atom. The molecule has 2 N–H and O–H groups in total. The van der Waals surface area contributed by atoms with Crippen LogP contribution in [0.2, 0.25) is 0 Å². The summed E-state index contributed by atoms with van der Waals surface area (Å²) in [5.41, 5.74) is 3.74. The van der Waals surface area contributed by atoms with E-state index in [0.29, 0.717) is 12.1 Å². The van der Waals surface area contributed by atoms with Gasteiger partial charge in [0.25, 0.3) is 0 Å². The summed E-state index contributed by atoms with van der Waals surface area (Å²) in [6.07, 6.45) is 3.69. The number of para-hydroxylation sites is 1. The van der Waals surface area contributed by atoms with Crippen molar-refractivity contribution < 1.29 is 0 Å². The Morgan fingerprint density at radius 2 is 2.00 bits per heavy atom. The van der Waals surface area contributed by atoms with Crippen molar-refractivity contribution in [1.29, 1.82) is 0 Å². The standard InChI is InChI=1S/C14H19N3/c1-9-4-3-5-10(2)13(9)17-14-15-11-6-7-12(8-11)16-14/h3-5,11-12H,6-8H2,1-2H3,(H2,15,16,17). The highest BCUT2D eigenvalue weighted by molar-refractivity contribution is 5.95. The highest BCUT2D eigenvalue weighted by Gasteiger charge is 2.29. The molecule has 2 aliphatic rings. The van der Waals surface area contributed by atoms with Crippen LogP contribution < -0.4 is 10.6 Å². The predicted molar refractivity (Wildman–Crippen MR) is 71.5 cm³/mol. The third-order valence-electron chi connectivity index (χ3n) is 3.78. The molecular formula is C14H19N3. The van der Waals surface area contributed by atoms with E-state index >= 15 is 0 Å². The fourth-order valence-corrected chi connectivity index (χ4v) is 2.82. The normalized spacial score (nSPS) is 26.4. The lowest BCUT2D eigenvalue weighted by Crippen LogP contribution is -2.41. The molecule has 0 aromatic heterocycles. The SMILES string of the molecule is Cc1cccc(C)c1NC1=NC2CCC(C2)N1. The number of nitrogens with one attached hydrogen (secondary N) is 2. The second kappa shape index (κ2) is 4.06. The van der Waals surface area contributed by atoms with Crippen LogP contribution in [-0.4, -0.2) is 18.0 Å². The van der Waals surface area contributed by atoms with Crippen molar-refractivity contribution in [3.63, 3.8) is 0 Å². The van der Waals surface area contributed by atoms with Crippen molar-refractivity contribution in [2.75, 3.05) is 5.32 Å². The molecular weight excluding hydrogens is 210 g/mol. The molecule has 1 aliphatic heterocycles. The Bertz CT molecular complexity index is 444. The van der Waals surface area contributed by atoms with Gasteiger partial charge in [-0.15, -0.1) is 0 Å².